The molecule has 0 saturated heterocycles. The van der Waals surface area contributed by atoms with Crippen LogP contribution < -0.4 is 10.1 Å². The molecular formula is C16H24BrNO2. The second kappa shape index (κ2) is 8.65. The summed E-state index contributed by atoms with van der Waals surface area (Å²) in [4.78, 5) is 0. The van der Waals surface area contributed by atoms with Crippen LogP contribution in [0.15, 0.2) is 22.7 Å². The fourth-order valence-electron chi connectivity index (χ4n) is 2.14. The molecule has 0 atom stereocenters. The van der Waals surface area contributed by atoms with E-state index >= 15 is 0 Å². The van der Waals surface area contributed by atoms with Gasteiger partial charge in [-0.2, -0.15) is 0 Å². The first-order valence-corrected chi connectivity index (χ1v) is 8.35. The Kier molecular flexibility index (Phi) is 6.83. The van der Waals surface area contributed by atoms with Crippen LogP contribution in [-0.4, -0.2) is 24.4 Å². The van der Waals surface area contributed by atoms with Crippen molar-refractivity contribution in [3.05, 3.63) is 28.2 Å². The molecule has 1 aliphatic carbocycles. The summed E-state index contributed by atoms with van der Waals surface area (Å²) < 4.78 is 6.98. The summed E-state index contributed by atoms with van der Waals surface area (Å²) in [5.74, 6) is 0.975. The van der Waals surface area contributed by atoms with E-state index in [4.69, 9.17) is 9.84 Å². The van der Waals surface area contributed by atoms with Crippen LogP contribution in [0.1, 0.15) is 44.1 Å². The number of unbranched alkanes of at least 4 members (excludes halogenated alkanes) is 3. The van der Waals surface area contributed by atoms with Crippen molar-refractivity contribution in [1.82, 2.24) is 5.32 Å². The van der Waals surface area contributed by atoms with Gasteiger partial charge in [-0.05, 0) is 54.1 Å². The zero-order valence-corrected chi connectivity index (χ0v) is 13.5. The van der Waals surface area contributed by atoms with Gasteiger partial charge in [0, 0.05) is 24.8 Å². The minimum absolute atomic E-state index is 0.294. The zero-order valence-electron chi connectivity index (χ0n) is 11.9. The van der Waals surface area contributed by atoms with Crippen molar-refractivity contribution in [2.75, 3.05) is 13.2 Å². The van der Waals surface area contributed by atoms with Gasteiger partial charge in [0.2, 0.25) is 0 Å². The average molecular weight is 342 g/mol. The van der Waals surface area contributed by atoms with Gasteiger partial charge < -0.3 is 15.2 Å². The highest BCUT2D eigenvalue weighted by Gasteiger charge is 2.20. The van der Waals surface area contributed by atoms with E-state index in [-0.39, 0.29) is 0 Å². The van der Waals surface area contributed by atoms with Gasteiger partial charge in [0.1, 0.15) is 5.75 Å². The van der Waals surface area contributed by atoms with Gasteiger partial charge in [0.15, 0.2) is 0 Å². The topological polar surface area (TPSA) is 41.5 Å². The number of hydrogen-bond donors (Lipinski definition) is 2. The van der Waals surface area contributed by atoms with Crippen molar-refractivity contribution >= 4 is 15.9 Å². The van der Waals surface area contributed by atoms with Crippen LogP contribution in [0.5, 0.6) is 5.75 Å². The predicted octanol–water partition coefficient (Wildman–Crippen LogP) is 3.63. The Morgan fingerprint density at radius 2 is 2.00 bits per heavy atom. The molecule has 1 fully saturated rings. The van der Waals surface area contributed by atoms with Crippen LogP contribution in [0.4, 0.5) is 0 Å². The van der Waals surface area contributed by atoms with Crippen molar-refractivity contribution in [1.29, 1.82) is 0 Å². The lowest BCUT2D eigenvalue weighted by Crippen LogP contribution is -2.16. The Morgan fingerprint density at radius 3 is 2.75 bits per heavy atom. The van der Waals surface area contributed by atoms with Crippen LogP contribution in [-0.2, 0) is 6.54 Å². The van der Waals surface area contributed by atoms with E-state index in [2.05, 4.69) is 33.4 Å². The number of nitrogens with one attached hydrogen (secondary N) is 1. The molecule has 0 unspecified atom stereocenters. The number of benzene rings is 1. The minimum atomic E-state index is 0.294. The molecule has 0 aromatic heterocycles. The number of halogens is 1. The van der Waals surface area contributed by atoms with E-state index in [1.54, 1.807) is 0 Å². The molecule has 20 heavy (non-hydrogen) atoms. The Labute approximate surface area is 129 Å². The molecule has 0 radical (unpaired) electrons. The van der Waals surface area contributed by atoms with Crippen molar-refractivity contribution in [2.45, 2.75) is 51.1 Å². The predicted molar refractivity (Wildman–Crippen MR) is 85.1 cm³/mol. The van der Waals surface area contributed by atoms with Gasteiger partial charge in [-0.25, -0.2) is 0 Å². The molecule has 0 amide bonds. The second-order valence-corrected chi connectivity index (χ2v) is 6.22. The van der Waals surface area contributed by atoms with E-state index in [0.29, 0.717) is 12.6 Å². The third kappa shape index (κ3) is 5.43. The molecule has 3 nitrogen and oxygen atoms in total. The lowest BCUT2D eigenvalue weighted by atomic mass is 10.2. The molecule has 0 heterocycles. The van der Waals surface area contributed by atoms with Crippen LogP contribution >= 0.6 is 15.9 Å². The number of rotatable bonds is 10. The molecule has 1 saturated carbocycles. The summed E-state index contributed by atoms with van der Waals surface area (Å²) in [5, 5.41) is 12.3. The van der Waals surface area contributed by atoms with Gasteiger partial charge in [0.25, 0.3) is 0 Å². The maximum Gasteiger partial charge on any atom is 0.137 e. The van der Waals surface area contributed by atoms with Crippen molar-refractivity contribution in [2.24, 2.45) is 0 Å². The SMILES string of the molecule is OCCCCCCOc1c(Br)cccc1CNC1CC1. The number of aliphatic hydroxyl groups excluding tert-OH is 1. The lowest BCUT2D eigenvalue weighted by Gasteiger charge is -2.14. The highest BCUT2D eigenvalue weighted by molar-refractivity contribution is 9.10. The van der Waals surface area contributed by atoms with Gasteiger partial charge in [-0.3, -0.25) is 0 Å². The first-order valence-electron chi connectivity index (χ1n) is 7.55. The van der Waals surface area contributed by atoms with E-state index in [1.807, 2.05) is 6.07 Å². The van der Waals surface area contributed by atoms with E-state index < -0.39 is 0 Å². The Balaban J connectivity index is 1.78. The first kappa shape index (κ1) is 15.8. The van der Waals surface area contributed by atoms with Gasteiger partial charge in [-0.15, -0.1) is 0 Å². The fraction of sp³-hybridized carbons (Fsp3) is 0.625. The van der Waals surface area contributed by atoms with Crippen LogP contribution in [0.3, 0.4) is 0 Å². The Morgan fingerprint density at radius 1 is 1.20 bits per heavy atom. The number of ether oxygens (including phenoxy) is 1. The summed E-state index contributed by atoms with van der Waals surface area (Å²) in [6.07, 6.45) is 6.72. The first-order chi connectivity index (χ1) is 9.81. The van der Waals surface area contributed by atoms with Crippen LogP contribution in [0.2, 0.25) is 0 Å². The van der Waals surface area contributed by atoms with Crippen LogP contribution in [0, 0.1) is 0 Å². The third-order valence-corrected chi connectivity index (χ3v) is 4.13. The summed E-state index contributed by atoms with van der Waals surface area (Å²) in [6, 6.07) is 6.92. The molecule has 2 N–H and O–H groups in total. The number of hydrogen-bond acceptors (Lipinski definition) is 3. The normalized spacial score (nSPS) is 14.5. The molecule has 112 valence electrons. The fourth-order valence-corrected chi connectivity index (χ4v) is 2.66. The maximum atomic E-state index is 8.74. The monoisotopic (exact) mass is 341 g/mol. The summed E-state index contributed by atoms with van der Waals surface area (Å²) >= 11 is 3.58. The zero-order chi connectivity index (χ0) is 14.2. The van der Waals surface area contributed by atoms with Gasteiger partial charge in [-0.1, -0.05) is 18.6 Å². The molecular weight excluding hydrogens is 318 g/mol. The lowest BCUT2D eigenvalue weighted by molar-refractivity contribution is 0.272. The molecule has 0 spiro atoms. The Bertz CT molecular complexity index is 407. The molecule has 2 rings (SSSR count). The second-order valence-electron chi connectivity index (χ2n) is 5.37. The largest absolute Gasteiger partial charge is 0.492 e. The molecule has 1 aromatic carbocycles. The van der Waals surface area contributed by atoms with E-state index in [0.717, 1.165) is 49.1 Å². The van der Waals surface area contributed by atoms with Gasteiger partial charge >= 0.3 is 0 Å². The summed E-state index contributed by atoms with van der Waals surface area (Å²) in [5.41, 5.74) is 1.22. The number of aliphatic hydroxyl groups is 1. The van der Waals surface area contributed by atoms with Gasteiger partial charge in [0.05, 0.1) is 11.1 Å². The van der Waals surface area contributed by atoms with Crippen molar-refractivity contribution < 1.29 is 9.84 Å². The quantitative estimate of drug-likeness (QED) is 0.638. The molecule has 0 bridgehead atoms. The summed E-state index contributed by atoms with van der Waals surface area (Å²) in [6.45, 7) is 1.91. The van der Waals surface area contributed by atoms with Crippen LogP contribution in [0.25, 0.3) is 0 Å². The highest BCUT2D eigenvalue weighted by atomic mass is 79.9. The standard InChI is InChI=1S/C16H24BrNO2/c17-15-7-5-6-13(12-18-14-8-9-14)16(15)20-11-4-2-1-3-10-19/h5-7,14,18-19H,1-4,8-12H2. The molecule has 0 aliphatic heterocycles. The number of para-hydroxylation sites is 1. The van der Waals surface area contributed by atoms with Crippen molar-refractivity contribution in [3.63, 3.8) is 0 Å². The molecule has 1 aromatic rings. The molecule has 1 aliphatic rings. The molecule has 4 heteroatoms. The Hall–Kier alpha value is -0.580. The summed E-state index contributed by atoms with van der Waals surface area (Å²) in [7, 11) is 0. The smallest absolute Gasteiger partial charge is 0.137 e. The van der Waals surface area contributed by atoms with E-state index in [9.17, 15) is 0 Å². The highest BCUT2D eigenvalue weighted by Crippen LogP contribution is 2.30. The maximum absolute atomic E-state index is 8.74. The average Bonchev–Trinajstić information content (AvgIpc) is 3.26. The minimum Gasteiger partial charge on any atom is -0.492 e. The van der Waals surface area contributed by atoms with E-state index in [1.165, 1.54) is 18.4 Å². The third-order valence-electron chi connectivity index (χ3n) is 3.51. The van der Waals surface area contributed by atoms with Crippen molar-refractivity contribution in [3.8, 4) is 5.75 Å².